The van der Waals surface area contributed by atoms with Crippen LogP contribution >= 0.6 is 23.3 Å². The van der Waals surface area contributed by atoms with Gasteiger partial charge in [-0.3, -0.25) is 0 Å². The van der Waals surface area contributed by atoms with E-state index in [-0.39, 0.29) is 15.3 Å². The first-order valence-corrected chi connectivity index (χ1v) is 7.75. The third-order valence-corrected chi connectivity index (χ3v) is 4.69. The zero-order valence-corrected chi connectivity index (χ0v) is 12.7. The minimum absolute atomic E-state index is 0.133. The number of benzene rings is 1. The number of aromatic nitrogens is 2. The van der Waals surface area contributed by atoms with Crippen LogP contribution in [0.3, 0.4) is 0 Å². The number of hydrogen-bond acceptors (Lipinski definition) is 5. The van der Waals surface area contributed by atoms with Crippen molar-refractivity contribution in [2.75, 3.05) is 4.72 Å². The van der Waals surface area contributed by atoms with Gasteiger partial charge in [-0.1, -0.05) is 0 Å². The molecule has 0 aliphatic carbocycles. The molecule has 3 aromatic rings. The van der Waals surface area contributed by atoms with Crippen LogP contribution in [0, 0.1) is 17.1 Å². The lowest BCUT2D eigenvalue weighted by atomic mass is 10.1. The van der Waals surface area contributed by atoms with Gasteiger partial charge < -0.3 is 9.71 Å². The first-order chi connectivity index (χ1) is 10.9. The van der Waals surface area contributed by atoms with Gasteiger partial charge >= 0.3 is 6.18 Å². The second-order valence-corrected chi connectivity index (χ2v) is 6.27. The summed E-state index contributed by atoms with van der Waals surface area (Å²) in [7, 11) is 0. The predicted molar refractivity (Wildman–Crippen MR) is 79.6 cm³/mol. The first-order valence-electron chi connectivity index (χ1n) is 6.05. The topological polar surface area (TPSA) is 64.5 Å². The molecule has 0 atom stereocenters. The van der Waals surface area contributed by atoms with Crippen molar-refractivity contribution in [2.24, 2.45) is 0 Å². The summed E-state index contributed by atoms with van der Waals surface area (Å²) in [6.45, 7) is 0. The lowest BCUT2D eigenvalue weighted by Crippen LogP contribution is -2.04. The van der Waals surface area contributed by atoms with Gasteiger partial charge in [-0.05, 0) is 12.1 Å². The number of thiazole rings is 1. The van der Waals surface area contributed by atoms with Crippen LogP contribution in [-0.4, -0.2) is 9.97 Å². The van der Waals surface area contributed by atoms with Crippen molar-refractivity contribution in [2.45, 2.75) is 10.5 Å². The van der Waals surface area contributed by atoms with Crippen molar-refractivity contribution in [3.8, 4) is 6.07 Å². The monoisotopic (exact) mass is 358 g/mol. The second kappa shape index (κ2) is 5.75. The third kappa shape index (κ3) is 2.97. The molecule has 4 nitrogen and oxygen atoms in total. The summed E-state index contributed by atoms with van der Waals surface area (Å²) >= 11 is 1.73. The Morgan fingerprint density at radius 2 is 2.13 bits per heavy atom. The molecule has 2 aromatic heterocycles. The minimum Gasteiger partial charge on any atom is -0.358 e. The molecule has 1 aromatic carbocycles. The molecule has 0 radical (unpaired) electrons. The molecule has 0 bridgehead atoms. The van der Waals surface area contributed by atoms with Crippen LogP contribution in [0.1, 0.15) is 11.3 Å². The highest BCUT2D eigenvalue weighted by molar-refractivity contribution is 8.02. The van der Waals surface area contributed by atoms with Crippen LogP contribution in [0.2, 0.25) is 0 Å². The number of H-pyrrole nitrogens is 1. The van der Waals surface area contributed by atoms with Gasteiger partial charge in [-0.25, -0.2) is 9.37 Å². The van der Waals surface area contributed by atoms with Gasteiger partial charge in [-0.15, -0.1) is 11.3 Å². The molecule has 118 valence electrons. The maximum absolute atomic E-state index is 13.8. The minimum atomic E-state index is -4.49. The molecule has 2 heterocycles. The van der Waals surface area contributed by atoms with E-state index >= 15 is 0 Å². The van der Waals surface area contributed by atoms with Crippen LogP contribution in [-0.2, 0) is 6.18 Å². The summed E-state index contributed by atoms with van der Waals surface area (Å²) in [5.74, 6) is -0.554. The van der Waals surface area contributed by atoms with E-state index in [0.717, 1.165) is 28.7 Å². The number of alkyl halides is 3. The smallest absolute Gasteiger partial charge is 0.358 e. The standard InChI is InChI=1S/C13H6F4N4S2/c14-7-1-2-8(11-10(7)6(3-18)4-19-11)21-23-12-20-9(5-22-12)13(15,16)17/h1-2,4-5,19,21H. The number of nitrogens with one attached hydrogen (secondary N) is 2. The normalized spacial score (nSPS) is 11.6. The van der Waals surface area contributed by atoms with E-state index in [1.807, 2.05) is 6.07 Å². The van der Waals surface area contributed by atoms with E-state index < -0.39 is 17.7 Å². The molecule has 0 spiro atoms. The fourth-order valence-electron chi connectivity index (χ4n) is 1.91. The highest BCUT2D eigenvalue weighted by atomic mass is 32.2. The second-order valence-electron chi connectivity index (χ2n) is 4.36. The summed E-state index contributed by atoms with van der Waals surface area (Å²) < 4.78 is 54.3. The Balaban J connectivity index is 1.86. The Labute approximate surface area is 135 Å². The molecule has 0 aliphatic rings. The summed E-state index contributed by atoms with van der Waals surface area (Å²) in [5, 5.41) is 10.0. The number of fused-ring (bicyclic) bond motifs is 1. The van der Waals surface area contributed by atoms with Crippen LogP contribution in [0.25, 0.3) is 10.9 Å². The molecule has 23 heavy (non-hydrogen) atoms. The molecule has 0 aliphatic heterocycles. The summed E-state index contributed by atoms with van der Waals surface area (Å²) in [5.41, 5.74) is 0.000703. The van der Waals surface area contributed by atoms with Crippen LogP contribution in [0.4, 0.5) is 23.2 Å². The summed E-state index contributed by atoms with van der Waals surface area (Å²) in [6, 6.07) is 4.49. The Morgan fingerprint density at radius 3 is 2.78 bits per heavy atom. The van der Waals surface area contributed by atoms with E-state index in [1.165, 1.54) is 18.3 Å². The zero-order valence-electron chi connectivity index (χ0n) is 11.0. The molecule has 0 amide bonds. The average molecular weight is 358 g/mol. The van der Waals surface area contributed by atoms with Gasteiger partial charge in [0.2, 0.25) is 0 Å². The molecular formula is C13H6F4N4S2. The van der Waals surface area contributed by atoms with Gasteiger partial charge in [-0.2, -0.15) is 18.4 Å². The predicted octanol–water partition coefficient (Wildman–Crippen LogP) is 4.77. The number of rotatable bonds is 3. The van der Waals surface area contributed by atoms with Crippen LogP contribution in [0.5, 0.6) is 0 Å². The van der Waals surface area contributed by atoms with Gasteiger partial charge in [0.05, 0.1) is 22.2 Å². The lowest BCUT2D eigenvalue weighted by molar-refractivity contribution is -0.141. The highest BCUT2D eigenvalue weighted by Crippen LogP contribution is 2.35. The van der Waals surface area contributed by atoms with Crippen molar-refractivity contribution in [1.29, 1.82) is 5.26 Å². The van der Waals surface area contributed by atoms with E-state index in [4.69, 9.17) is 5.26 Å². The quantitative estimate of drug-likeness (QED) is 0.523. The molecule has 0 fully saturated rings. The lowest BCUT2D eigenvalue weighted by Gasteiger charge is -2.05. The number of halogens is 4. The third-order valence-electron chi connectivity index (χ3n) is 2.93. The molecule has 2 N–H and O–H groups in total. The Bertz CT molecular complexity index is 907. The van der Waals surface area contributed by atoms with Crippen molar-refractivity contribution >= 4 is 39.9 Å². The zero-order chi connectivity index (χ0) is 16.6. The maximum atomic E-state index is 13.8. The summed E-state index contributed by atoms with van der Waals surface area (Å²) in [4.78, 5) is 6.25. The fraction of sp³-hybridized carbons (Fsp3) is 0.0769. The van der Waals surface area contributed by atoms with Gasteiger partial charge in [0.25, 0.3) is 0 Å². The van der Waals surface area contributed by atoms with Crippen molar-refractivity contribution in [3.05, 3.63) is 40.8 Å². The Kier molecular flexibility index (Phi) is 3.91. The van der Waals surface area contributed by atoms with Crippen molar-refractivity contribution < 1.29 is 17.6 Å². The molecule has 0 saturated heterocycles. The van der Waals surface area contributed by atoms with E-state index in [9.17, 15) is 17.6 Å². The number of nitrogens with zero attached hydrogens (tertiary/aromatic N) is 2. The summed E-state index contributed by atoms with van der Waals surface area (Å²) in [6.07, 6.45) is -3.12. The van der Waals surface area contributed by atoms with Crippen LogP contribution in [0.15, 0.2) is 28.0 Å². The number of hydrogen-bond donors (Lipinski definition) is 2. The van der Waals surface area contributed by atoms with E-state index in [2.05, 4.69) is 14.7 Å². The first kappa shape index (κ1) is 15.6. The Morgan fingerprint density at radius 1 is 1.35 bits per heavy atom. The largest absolute Gasteiger partial charge is 0.434 e. The number of anilines is 1. The number of aromatic amines is 1. The fourth-order valence-corrected chi connectivity index (χ4v) is 3.44. The van der Waals surface area contributed by atoms with E-state index in [0.29, 0.717) is 11.2 Å². The van der Waals surface area contributed by atoms with Gasteiger partial charge in [0, 0.05) is 23.5 Å². The van der Waals surface area contributed by atoms with Crippen molar-refractivity contribution in [3.63, 3.8) is 0 Å². The molecule has 0 unspecified atom stereocenters. The molecule has 3 rings (SSSR count). The maximum Gasteiger partial charge on any atom is 0.434 e. The van der Waals surface area contributed by atoms with Gasteiger partial charge in [0.1, 0.15) is 11.9 Å². The SMILES string of the molecule is N#Cc1c[nH]c2c(NSc3nc(C(F)(F)F)cs3)ccc(F)c12. The Hall–Kier alpha value is -2.25. The molecule has 0 saturated carbocycles. The average Bonchev–Trinajstić information content (AvgIpc) is 3.13. The van der Waals surface area contributed by atoms with E-state index in [1.54, 1.807) is 0 Å². The number of nitriles is 1. The van der Waals surface area contributed by atoms with Gasteiger partial charge in [0.15, 0.2) is 10.0 Å². The highest BCUT2D eigenvalue weighted by Gasteiger charge is 2.33. The molecule has 10 heteroatoms. The van der Waals surface area contributed by atoms with Crippen molar-refractivity contribution in [1.82, 2.24) is 9.97 Å². The van der Waals surface area contributed by atoms with Crippen LogP contribution < -0.4 is 4.72 Å². The molecular weight excluding hydrogens is 352 g/mol.